The summed E-state index contributed by atoms with van der Waals surface area (Å²) in [6.45, 7) is 0.573. The fourth-order valence-electron chi connectivity index (χ4n) is 1.57. The molecule has 0 amide bonds. The maximum Gasteiger partial charge on any atom is 0.335 e. The Bertz CT molecular complexity index is 584. The fourth-order valence-corrected chi connectivity index (χ4v) is 2.62. The molecular formula is C15H13BrO3S. The first-order valence-electron chi connectivity index (χ1n) is 6.00. The number of halogens is 1. The van der Waals surface area contributed by atoms with Crippen LogP contribution in [0.3, 0.4) is 0 Å². The monoisotopic (exact) mass is 352 g/mol. The lowest BCUT2D eigenvalue weighted by Gasteiger charge is -2.06. The molecule has 3 nitrogen and oxygen atoms in total. The van der Waals surface area contributed by atoms with E-state index in [1.54, 1.807) is 30.0 Å². The maximum absolute atomic E-state index is 10.9. The third kappa shape index (κ3) is 4.58. The third-order valence-electron chi connectivity index (χ3n) is 2.52. The molecule has 0 spiro atoms. The Kier molecular flexibility index (Phi) is 5.49. The van der Waals surface area contributed by atoms with Crippen LogP contribution in [0.4, 0.5) is 0 Å². The van der Waals surface area contributed by atoms with Gasteiger partial charge in [-0.15, -0.1) is 11.8 Å². The first kappa shape index (κ1) is 14.9. The van der Waals surface area contributed by atoms with E-state index in [1.807, 2.05) is 30.3 Å². The van der Waals surface area contributed by atoms with Gasteiger partial charge in [0.1, 0.15) is 5.75 Å². The second kappa shape index (κ2) is 7.36. The van der Waals surface area contributed by atoms with E-state index < -0.39 is 5.97 Å². The predicted molar refractivity (Wildman–Crippen MR) is 83.8 cm³/mol. The van der Waals surface area contributed by atoms with Crippen molar-refractivity contribution >= 4 is 33.7 Å². The summed E-state index contributed by atoms with van der Waals surface area (Å²) in [4.78, 5) is 11.8. The van der Waals surface area contributed by atoms with Crippen LogP contribution in [0.15, 0.2) is 57.9 Å². The van der Waals surface area contributed by atoms with Gasteiger partial charge in [-0.1, -0.05) is 22.0 Å². The molecule has 0 aliphatic heterocycles. The number of carboxylic acid groups (broad SMARTS) is 1. The number of aromatic carboxylic acids is 1. The van der Waals surface area contributed by atoms with E-state index in [0.29, 0.717) is 12.2 Å². The van der Waals surface area contributed by atoms with Crippen LogP contribution in [0.25, 0.3) is 0 Å². The molecule has 1 N–H and O–H groups in total. The Morgan fingerprint density at radius 1 is 1.20 bits per heavy atom. The standard InChI is InChI=1S/C15H13BrO3S/c16-12-4-6-13(7-5-12)19-8-9-20-14-3-1-2-11(10-14)15(17)18/h1-7,10H,8-9H2,(H,17,18). The summed E-state index contributed by atoms with van der Waals surface area (Å²) in [6.07, 6.45) is 0. The first-order chi connectivity index (χ1) is 9.65. The van der Waals surface area contributed by atoms with Gasteiger partial charge in [0.2, 0.25) is 0 Å². The lowest BCUT2D eigenvalue weighted by molar-refractivity contribution is 0.0696. The van der Waals surface area contributed by atoms with Gasteiger partial charge >= 0.3 is 5.97 Å². The average Bonchev–Trinajstić information content (AvgIpc) is 2.46. The molecule has 104 valence electrons. The van der Waals surface area contributed by atoms with E-state index in [9.17, 15) is 4.79 Å². The van der Waals surface area contributed by atoms with Crippen LogP contribution in [0.5, 0.6) is 5.75 Å². The van der Waals surface area contributed by atoms with Gasteiger partial charge in [0.05, 0.1) is 12.2 Å². The van der Waals surface area contributed by atoms with Crippen molar-refractivity contribution in [3.63, 3.8) is 0 Å². The molecule has 0 heterocycles. The molecule has 0 aliphatic rings. The summed E-state index contributed by atoms with van der Waals surface area (Å²) in [5, 5.41) is 8.91. The molecule has 0 unspecified atom stereocenters. The third-order valence-corrected chi connectivity index (χ3v) is 4.00. The van der Waals surface area contributed by atoms with E-state index >= 15 is 0 Å². The molecule has 0 atom stereocenters. The lowest BCUT2D eigenvalue weighted by atomic mass is 10.2. The van der Waals surface area contributed by atoms with Crippen molar-refractivity contribution in [1.29, 1.82) is 0 Å². The van der Waals surface area contributed by atoms with Crippen LogP contribution in [-0.2, 0) is 0 Å². The summed E-state index contributed by atoms with van der Waals surface area (Å²) in [5.41, 5.74) is 0.309. The number of hydrogen-bond donors (Lipinski definition) is 1. The zero-order chi connectivity index (χ0) is 14.4. The van der Waals surface area contributed by atoms with Crippen LogP contribution < -0.4 is 4.74 Å². The van der Waals surface area contributed by atoms with Gasteiger partial charge in [0.25, 0.3) is 0 Å². The van der Waals surface area contributed by atoms with Crippen molar-refractivity contribution in [3.05, 3.63) is 58.6 Å². The second-order valence-corrected chi connectivity index (χ2v) is 6.07. The van der Waals surface area contributed by atoms with E-state index in [1.165, 1.54) is 0 Å². The molecule has 0 aliphatic carbocycles. The summed E-state index contributed by atoms with van der Waals surface area (Å²) < 4.78 is 6.62. The molecular weight excluding hydrogens is 340 g/mol. The van der Waals surface area contributed by atoms with E-state index in [2.05, 4.69) is 15.9 Å². The molecule has 0 radical (unpaired) electrons. The van der Waals surface area contributed by atoms with Gasteiger partial charge in [-0.05, 0) is 42.5 Å². The normalized spacial score (nSPS) is 10.2. The molecule has 0 bridgehead atoms. The first-order valence-corrected chi connectivity index (χ1v) is 7.77. The zero-order valence-electron chi connectivity index (χ0n) is 10.6. The van der Waals surface area contributed by atoms with Crippen molar-refractivity contribution in [3.8, 4) is 5.75 Å². The Morgan fingerprint density at radius 3 is 2.65 bits per heavy atom. The molecule has 2 aromatic carbocycles. The van der Waals surface area contributed by atoms with Gasteiger partial charge in [-0.3, -0.25) is 0 Å². The molecule has 2 aromatic rings. The highest BCUT2D eigenvalue weighted by molar-refractivity contribution is 9.10. The van der Waals surface area contributed by atoms with E-state index in [0.717, 1.165) is 20.9 Å². The number of thioether (sulfide) groups is 1. The lowest BCUT2D eigenvalue weighted by Crippen LogP contribution is -2.00. The largest absolute Gasteiger partial charge is 0.493 e. The van der Waals surface area contributed by atoms with Gasteiger partial charge in [0, 0.05) is 15.1 Å². The topological polar surface area (TPSA) is 46.5 Å². The van der Waals surface area contributed by atoms with E-state index in [4.69, 9.17) is 9.84 Å². The number of ether oxygens (including phenoxy) is 1. The molecule has 2 rings (SSSR count). The van der Waals surface area contributed by atoms with Crippen LogP contribution in [-0.4, -0.2) is 23.4 Å². The zero-order valence-corrected chi connectivity index (χ0v) is 13.0. The minimum Gasteiger partial charge on any atom is -0.493 e. The van der Waals surface area contributed by atoms with E-state index in [-0.39, 0.29) is 0 Å². The molecule has 0 saturated carbocycles. The van der Waals surface area contributed by atoms with Crippen LogP contribution in [0.1, 0.15) is 10.4 Å². The summed E-state index contributed by atoms with van der Waals surface area (Å²) in [6, 6.07) is 14.6. The Labute approximate surface area is 130 Å². The maximum atomic E-state index is 10.9. The van der Waals surface area contributed by atoms with Crippen molar-refractivity contribution < 1.29 is 14.6 Å². The summed E-state index contributed by atoms with van der Waals surface area (Å²) in [7, 11) is 0. The van der Waals surface area contributed by atoms with Crippen molar-refractivity contribution in [2.45, 2.75) is 4.90 Å². The van der Waals surface area contributed by atoms with Crippen LogP contribution in [0.2, 0.25) is 0 Å². The predicted octanol–water partition coefficient (Wildman–Crippen LogP) is 4.32. The molecule has 0 aromatic heterocycles. The number of benzene rings is 2. The average molecular weight is 353 g/mol. The van der Waals surface area contributed by atoms with Gasteiger partial charge < -0.3 is 9.84 Å². The van der Waals surface area contributed by atoms with Crippen LogP contribution in [0, 0.1) is 0 Å². The van der Waals surface area contributed by atoms with Gasteiger partial charge in [-0.25, -0.2) is 4.79 Å². The number of carbonyl (C=O) groups is 1. The highest BCUT2D eigenvalue weighted by Crippen LogP contribution is 2.20. The number of rotatable bonds is 6. The Hall–Kier alpha value is -1.46. The second-order valence-electron chi connectivity index (χ2n) is 3.98. The van der Waals surface area contributed by atoms with Crippen LogP contribution >= 0.6 is 27.7 Å². The molecule has 0 saturated heterocycles. The number of hydrogen-bond acceptors (Lipinski definition) is 3. The quantitative estimate of drug-likeness (QED) is 0.621. The highest BCUT2D eigenvalue weighted by Gasteiger charge is 2.03. The minimum absolute atomic E-state index is 0.309. The van der Waals surface area contributed by atoms with Crippen molar-refractivity contribution in [2.75, 3.05) is 12.4 Å². The molecule has 5 heteroatoms. The molecule has 20 heavy (non-hydrogen) atoms. The SMILES string of the molecule is O=C(O)c1cccc(SCCOc2ccc(Br)cc2)c1. The smallest absolute Gasteiger partial charge is 0.335 e. The van der Waals surface area contributed by atoms with Crippen molar-refractivity contribution in [1.82, 2.24) is 0 Å². The Balaban J connectivity index is 1.79. The van der Waals surface area contributed by atoms with Crippen molar-refractivity contribution in [2.24, 2.45) is 0 Å². The summed E-state index contributed by atoms with van der Waals surface area (Å²) >= 11 is 4.95. The fraction of sp³-hybridized carbons (Fsp3) is 0.133. The summed E-state index contributed by atoms with van der Waals surface area (Å²) in [5.74, 6) is 0.686. The highest BCUT2D eigenvalue weighted by atomic mass is 79.9. The minimum atomic E-state index is -0.904. The van der Waals surface area contributed by atoms with Gasteiger partial charge in [0.15, 0.2) is 0 Å². The number of carboxylic acids is 1. The Morgan fingerprint density at radius 2 is 1.95 bits per heavy atom. The molecule has 0 fully saturated rings. The van der Waals surface area contributed by atoms with Gasteiger partial charge in [-0.2, -0.15) is 0 Å².